The van der Waals surface area contributed by atoms with Gasteiger partial charge in [-0.2, -0.15) is 25.8 Å². The Morgan fingerprint density at radius 1 is 0.702 bits per heavy atom. The highest BCUT2D eigenvalue weighted by Gasteiger charge is 2.39. The summed E-state index contributed by atoms with van der Waals surface area (Å²) in [5.74, 6) is -7.02. The van der Waals surface area contributed by atoms with Crippen molar-refractivity contribution in [3.63, 3.8) is 0 Å². The third-order valence-corrected chi connectivity index (χ3v) is 9.85. The van der Waals surface area contributed by atoms with E-state index in [1.165, 1.54) is 0 Å². The summed E-state index contributed by atoms with van der Waals surface area (Å²) in [6.45, 7) is 11.6. The molecule has 0 spiro atoms. The molecule has 1 aromatic carbocycles. The fourth-order valence-electron chi connectivity index (χ4n) is 5.70. The highest BCUT2D eigenvalue weighted by atomic mass is 32.1. The number of halogens is 3. The van der Waals surface area contributed by atoms with E-state index in [0.29, 0.717) is 32.2 Å². The number of rotatable bonds is 13. The van der Waals surface area contributed by atoms with Gasteiger partial charge in [0, 0.05) is 12.2 Å². The van der Waals surface area contributed by atoms with Crippen LogP contribution in [-0.4, -0.2) is 101 Å². The summed E-state index contributed by atoms with van der Waals surface area (Å²) in [6.07, 6.45) is -2.27. The van der Waals surface area contributed by atoms with Crippen LogP contribution < -0.4 is 37.6 Å². The van der Waals surface area contributed by atoms with Gasteiger partial charge >= 0.3 is 12.1 Å². The van der Waals surface area contributed by atoms with Crippen molar-refractivity contribution in [1.82, 2.24) is 31.9 Å². The standard InChI is InChI=1S/C36H59N7O6S.C2HF3O2/c1-7-22(5)29-35(48)40-27(19-24-14-10-9-11-15-24)32(45)41-28(20-50)34(47)38-25(16-12-13-17-37)31(44)39-26(18-21(3)4)33(46)42-30(23(6)8-2)36(49)43-29;3-2(4,5)1(6)7/h9-11,14-15,21-23,25-30,50H,7-8,12-13,16-20,37H2,1-6H3,(H,38,47)(H,39,44)(H,40,48)(H,41,45)(H,42,46)(H,43,49);(H,6,7)/t22-,23-,25-,26-,27-,28-,29-,30-;/m0./s1. The smallest absolute Gasteiger partial charge is 0.475 e. The molecule has 0 aromatic heterocycles. The number of hydrogen-bond acceptors (Lipinski definition) is 9. The van der Waals surface area contributed by atoms with Crippen molar-refractivity contribution in [3.05, 3.63) is 35.9 Å². The van der Waals surface area contributed by atoms with Gasteiger partial charge in [0.15, 0.2) is 0 Å². The first-order valence-corrected chi connectivity index (χ1v) is 19.8. The number of amides is 6. The summed E-state index contributed by atoms with van der Waals surface area (Å²) >= 11 is 4.32. The van der Waals surface area contributed by atoms with Gasteiger partial charge in [0.25, 0.3) is 0 Å². The van der Waals surface area contributed by atoms with Gasteiger partial charge in [-0.3, -0.25) is 28.8 Å². The van der Waals surface area contributed by atoms with Crippen LogP contribution in [0, 0.1) is 17.8 Å². The first kappa shape index (κ1) is 50.6. The number of unbranched alkanes of at least 4 members (excludes halogenated alkanes) is 1. The SMILES string of the molecule is CC[C@H](C)[C@@H]1NC(=O)[C@H](CC(C)C)NC(=O)[C@H](CCCCN)NC(=O)[C@H](CS)NC(=O)[C@H](Cc2ccccc2)NC(=O)[C@H]([C@@H](C)CC)NC1=O.O=C(O)C(F)(F)F. The summed E-state index contributed by atoms with van der Waals surface area (Å²) in [5.41, 5.74) is 6.46. The Hall–Kier alpha value is -4.39. The van der Waals surface area contributed by atoms with Crippen LogP contribution in [0.1, 0.15) is 85.6 Å². The number of thiol groups is 1. The fourth-order valence-corrected chi connectivity index (χ4v) is 5.95. The lowest BCUT2D eigenvalue weighted by Crippen LogP contribution is -2.63. The number of carboxylic acid groups (broad SMARTS) is 1. The first-order valence-electron chi connectivity index (χ1n) is 19.2. The number of nitrogens with one attached hydrogen (secondary N) is 6. The maximum absolute atomic E-state index is 14.0. The van der Waals surface area contributed by atoms with E-state index in [1.54, 1.807) is 0 Å². The molecule has 1 aliphatic rings. The normalized spacial score (nSPS) is 24.1. The molecule has 1 saturated heterocycles. The van der Waals surface area contributed by atoms with Crippen molar-refractivity contribution in [2.45, 2.75) is 129 Å². The molecule has 322 valence electrons. The number of carboxylic acids is 1. The Kier molecular flexibility index (Phi) is 22.3. The zero-order valence-electron chi connectivity index (χ0n) is 33.4. The van der Waals surface area contributed by atoms with Crippen LogP contribution in [-0.2, 0) is 40.0 Å². The molecule has 0 saturated carbocycles. The number of aliphatic carboxylic acids is 1. The molecule has 19 heteroatoms. The predicted molar refractivity (Wildman–Crippen MR) is 211 cm³/mol. The molecular weight excluding hydrogens is 772 g/mol. The van der Waals surface area contributed by atoms with Crippen LogP contribution in [0.5, 0.6) is 0 Å². The van der Waals surface area contributed by atoms with E-state index in [-0.39, 0.29) is 42.8 Å². The lowest BCUT2D eigenvalue weighted by molar-refractivity contribution is -0.192. The zero-order chi connectivity index (χ0) is 43.5. The van der Waals surface area contributed by atoms with Crippen LogP contribution in [0.3, 0.4) is 0 Å². The molecule has 0 bridgehead atoms. The van der Waals surface area contributed by atoms with Gasteiger partial charge in [0.2, 0.25) is 35.4 Å². The van der Waals surface area contributed by atoms with Crippen LogP contribution in [0.4, 0.5) is 13.2 Å². The lowest BCUT2D eigenvalue weighted by atomic mass is 9.93. The van der Waals surface area contributed by atoms with Crippen LogP contribution in [0.2, 0.25) is 0 Å². The summed E-state index contributed by atoms with van der Waals surface area (Å²) < 4.78 is 31.7. The minimum atomic E-state index is -5.08. The second kappa shape index (κ2) is 25.1. The lowest BCUT2D eigenvalue weighted by Gasteiger charge is -2.32. The van der Waals surface area contributed by atoms with E-state index >= 15 is 0 Å². The summed E-state index contributed by atoms with van der Waals surface area (Å²) in [5, 5.41) is 23.9. The van der Waals surface area contributed by atoms with E-state index < -0.39 is 83.8 Å². The maximum atomic E-state index is 14.0. The number of hydrogen-bond donors (Lipinski definition) is 9. The van der Waals surface area contributed by atoms with E-state index in [0.717, 1.165) is 5.56 Å². The molecule has 57 heavy (non-hydrogen) atoms. The molecular formula is C38H60F3N7O8S. The molecule has 0 aliphatic carbocycles. The monoisotopic (exact) mass is 831 g/mol. The van der Waals surface area contributed by atoms with E-state index in [1.807, 2.05) is 71.9 Å². The molecule has 2 rings (SSSR count). The third-order valence-electron chi connectivity index (χ3n) is 9.48. The molecule has 1 fully saturated rings. The number of carbonyl (C=O) groups is 7. The van der Waals surface area contributed by atoms with Crippen molar-refractivity contribution in [2.75, 3.05) is 12.3 Å². The number of benzene rings is 1. The molecule has 0 unspecified atom stereocenters. The van der Waals surface area contributed by atoms with Gasteiger partial charge in [-0.15, -0.1) is 0 Å². The van der Waals surface area contributed by atoms with E-state index in [2.05, 4.69) is 44.5 Å². The predicted octanol–water partition coefficient (Wildman–Crippen LogP) is 1.98. The van der Waals surface area contributed by atoms with Gasteiger partial charge in [-0.1, -0.05) is 84.7 Å². The van der Waals surface area contributed by atoms with Crippen LogP contribution in [0.25, 0.3) is 0 Å². The minimum absolute atomic E-state index is 0.00356. The van der Waals surface area contributed by atoms with Crippen LogP contribution >= 0.6 is 12.6 Å². The molecule has 15 nitrogen and oxygen atoms in total. The molecule has 6 amide bonds. The number of alkyl halides is 3. The topological polar surface area (TPSA) is 238 Å². The van der Waals surface area contributed by atoms with Crippen molar-refractivity contribution in [2.24, 2.45) is 23.5 Å². The van der Waals surface area contributed by atoms with Crippen molar-refractivity contribution >= 4 is 54.0 Å². The Morgan fingerprint density at radius 3 is 1.60 bits per heavy atom. The van der Waals surface area contributed by atoms with Gasteiger partial charge in [0.05, 0.1) is 0 Å². The molecule has 1 aliphatic heterocycles. The first-order chi connectivity index (χ1) is 26.7. The van der Waals surface area contributed by atoms with Gasteiger partial charge < -0.3 is 42.7 Å². The number of carbonyl (C=O) groups excluding carboxylic acids is 6. The Balaban J connectivity index is 0.00000211. The van der Waals surface area contributed by atoms with Crippen molar-refractivity contribution in [3.8, 4) is 0 Å². The highest BCUT2D eigenvalue weighted by molar-refractivity contribution is 7.80. The molecule has 9 N–H and O–H groups in total. The fraction of sp³-hybridized carbons (Fsp3) is 0.658. The summed E-state index contributed by atoms with van der Waals surface area (Å²) in [4.78, 5) is 91.8. The molecule has 0 radical (unpaired) electrons. The summed E-state index contributed by atoms with van der Waals surface area (Å²) in [7, 11) is 0. The Bertz CT molecular complexity index is 1490. The average molecular weight is 832 g/mol. The molecule has 1 heterocycles. The summed E-state index contributed by atoms with van der Waals surface area (Å²) in [6, 6.07) is 2.72. The minimum Gasteiger partial charge on any atom is -0.475 e. The maximum Gasteiger partial charge on any atom is 0.490 e. The van der Waals surface area contributed by atoms with E-state index in [9.17, 15) is 41.9 Å². The van der Waals surface area contributed by atoms with Crippen LogP contribution in [0.15, 0.2) is 30.3 Å². The Labute approximate surface area is 337 Å². The van der Waals surface area contributed by atoms with Gasteiger partial charge in [0.1, 0.15) is 36.3 Å². The third kappa shape index (κ3) is 17.7. The largest absolute Gasteiger partial charge is 0.490 e. The number of nitrogens with two attached hydrogens (primary N) is 1. The van der Waals surface area contributed by atoms with E-state index in [4.69, 9.17) is 15.6 Å². The second-order valence-corrected chi connectivity index (χ2v) is 14.9. The Morgan fingerprint density at radius 2 is 1.12 bits per heavy atom. The van der Waals surface area contributed by atoms with Crippen molar-refractivity contribution < 1.29 is 51.8 Å². The molecule has 1 aromatic rings. The van der Waals surface area contributed by atoms with Gasteiger partial charge in [-0.25, -0.2) is 4.79 Å². The average Bonchev–Trinajstić information content (AvgIpc) is 3.15. The van der Waals surface area contributed by atoms with Gasteiger partial charge in [-0.05, 0) is 55.5 Å². The quantitative estimate of drug-likeness (QED) is 0.104. The zero-order valence-corrected chi connectivity index (χ0v) is 34.3. The second-order valence-electron chi connectivity index (χ2n) is 14.6. The highest BCUT2D eigenvalue weighted by Crippen LogP contribution is 2.16. The molecule has 8 atom stereocenters. The van der Waals surface area contributed by atoms with Crippen molar-refractivity contribution in [1.29, 1.82) is 0 Å².